The zero-order valence-electron chi connectivity index (χ0n) is 7.11. The van der Waals surface area contributed by atoms with Crippen molar-refractivity contribution in [2.24, 2.45) is 0 Å². The maximum atomic E-state index is 10.6. The van der Waals surface area contributed by atoms with Gasteiger partial charge in [-0.1, -0.05) is 0 Å². The number of epoxide rings is 1. The lowest BCUT2D eigenvalue weighted by Gasteiger charge is -2.01. The van der Waals surface area contributed by atoms with Gasteiger partial charge in [-0.05, 0) is 6.92 Å². The molecule has 5 nitrogen and oxygen atoms in total. The van der Waals surface area contributed by atoms with Crippen molar-refractivity contribution in [2.75, 3.05) is 6.61 Å². The first-order valence-corrected chi connectivity index (χ1v) is 3.80. The molecule has 72 valence electrons. The molecule has 0 saturated carbocycles. The molecule has 0 bridgehead atoms. The van der Waals surface area contributed by atoms with Crippen LogP contribution in [0.3, 0.4) is 0 Å². The minimum Gasteiger partial charge on any atom is -0.478 e. The van der Waals surface area contributed by atoms with Crippen molar-refractivity contribution < 1.29 is 24.5 Å². The summed E-state index contributed by atoms with van der Waals surface area (Å²) in [6, 6.07) is 0. The number of ether oxygens (including phenoxy) is 1. The molecule has 0 spiro atoms. The number of aliphatic carboxylic acids is 2. The van der Waals surface area contributed by atoms with E-state index in [0.717, 1.165) is 0 Å². The summed E-state index contributed by atoms with van der Waals surface area (Å²) < 4.78 is 4.83. The average Bonchev–Trinajstić information content (AvgIpc) is 2.81. The molecule has 2 N–H and O–H groups in total. The Morgan fingerprint density at radius 2 is 1.92 bits per heavy atom. The number of hydrogen-bond acceptors (Lipinski definition) is 3. The van der Waals surface area contributed by atoms with Gasteiger partial charge in [-0.15, -0.1) is 0 Å². The second-order valence-corrected chi connectivity index (χ2v) is 2.87. The van der Waals surface area contributed by atoms with Crippen molar-refractivity contribution in [1.82, 2.24) is 0 Å². The second-order valence-electron chi connectivity index (χ2n) is 2.87. The Bertz CT molecular complexity index is 274. The van der Waals surface area contributed by atoms with Gasteiger partial charge >= 0.3 is 11.9 Å². The van der Waals surface area contributed by atoms with E-state index in [1.54, 1.807) is 0 Å². The zero-order valence-corrected chi connectivity index (χ0v) is 7.11. The van der Waals surface area contributed by atoms with E-state index in [0.29, 0.717) is 6.61 Å². The monoisotopic (exact) mass is 186 g/mol. The molecule has 0 aromatic carbocycles. The molecule has 0 radical (unpaired) electrons. The predicted octanol–water partition coefficient (Wildman–Crippen LogP) is 0.261. The minimum absolute atomic E-state index is 0.0741. The van der Waals surface area contributed by atoms with E-state index in [1.807, 2.05) is 0 Å². The Kier molecular flexibility index (Phi) is 2.67. The maximum absolute atomic E-state index is 10.6. The highest BCUT2D eigenvalue weighted by molar-refractivity contribution is 5.98. The van der Waals surface area contributed by atoms with Gasteiger partial charge in [0.05, 0.1) is 12.7 Å². The quantitative estimate of drug-likeness (QED) is 0.485. The van der Waals surface area contributed by atoms with Crippen LogP contribution in [-0.2, 0) is 14.3 Å². The molecule has 1 unspecified atom stereocenters. The van der Waals surface area contributed by atoms with Crippen LogP contribution in [0.2, 0.25) is 0 Å². The summed E-state index contributed by atoms with van der Waals surface area (Å²) in [5, 5.41) is 17.3. The summed E-state index contributed by atoms with van der Waals surface area (Å²) >= 11 is 0. The first-order chi connectivity index (χ1) is 6.02. The van der Waals surface area contributed by atoms with Crippen molar-refractivity contribution in [3.8, 4) is 0 Å². The van der Waals surface area contributed by atoms with Gasteiger partial charge in [-0.2, -0.15) is 0 Å². The predicted molar refractivity (Wildman–Crippen MR) is 42.3 cm³/mol. The van der Waals surface area contributed by atoms with Crippen molar-refractivity contribution in [2.45, 2.75) is 19.4 Å². The third-order valence-electron chi connectivity index (χ3n) is 1.87. The van der Waals surface area contributed by atoms with Crippen molar-refractivity contribution in [3.05, 3.63) is 11.1 Å². The number of carboxylic acid groups (broad SMARTS) is 2. The van der Waals surface area contributed by atoms with E-state index in [2.05, 4.69) is 0 Å². The lowest BCUT2D eigenvalue weighted by Crippen LogP contribution is -2.11. The van der Waals surface area contributed by atoms with Gasteiger partial charge in [0.25, 0.3) is 0 Å². The van der Waals surface area contributed by atoms with E-state index >= 15 is 0 Å². The molecule has 0 aromatic rings. The van der Waals surface area contributed by atoms with Gasteiger partial charge in [0.2, 0.25) is 0 Å². The molecule has 1 aliphatic heterocycles. The minimum atomic E-state index is -1.20. The number of carbonyl (C=O) groups is 2. The molecule has 0 aromatic heterocycles. The summed E-state index contributed by atoms with van der Waals surface area (Å²) in [5.74, 6) is -2.38. The van der Waals surface area contributed by atoms with Gasteiger partial charge in [0.1, 0.15) is 0 Å². The van der Waals surface area contributed by atoms with Gasteiger partial charge in [-0.25, -0.2) is 9.59 Å². The van der Waals surface area contributed by atoms with Crippen LogP contribution in [0.4, 0.5) is 0 Å². The maximum Gasteiger partial charge on any atom is 0.332 e. The van der Waals surface area contributed by atoms with Crippen LogP contribution < -0.4 is 0 Å². The fraction of sp³-hybridized carbons (Fsp3) is 0.500. The van der Waals surface area contributed by atoms with Crippen molar-refractivity contribution in [3.63, 3.8) is 0 Å². The van der Waals surface area contributed by atoms with Crippen LogP contribution in [0.1, 0.15) is 13.3 Å². The average molecular weight is 186 g/mol. The standard InChI is InChI=1S/C8H10O5/c1-4(7(9)10)6(8(11)12)2-5-3-13-5/h5H,2-3H2,1H3,(H,9,10)(H,11,12)/b6-4-. The van der Waals surface area contributed by atoms with E-state index in [9.17, 15) is 9.59 Å². The molecule has 1 heterocycles. The SMILES string of the molecule is C/C(C(=O)O)=C(\CC1CO1)C(=O)O. The zero-order chi connectivity index (χ0) is 10.0. The molecular formula is C8H10O5. The van der Waals surface area contributed by atoms with Gasteiger partial charge < -0.3 is 14.9 Å². The Morgan fingerprint density at radius 3 is 2.23 bits per heavy atom. The molecule has 1 saturated heterocycles. The molecule has 1 atom stereocenters. The highest BCUT2D eigenvalue weighted by atomic mass is 16.6. The van der Waals surface area contributed by atoms with Crippen LogP contribution in [0.15, 0.2) is 11.1 Å². The molecule has 1 rings (SSSR count). The van der Waals surface area contributed by atoms with E-state index in [1.165, 1.54) is 6.92 Å². The second kappa shape index (κ2) is 3.57. The van der Waals surface area contributed by atoms with Gasteiger partial charge in [0.15, 0.2) is 0 Å². The first-order valence-electron chi connectivity index (χ1n) is 3.80. The molecule has 5 heteroatoms. The Labute approximate surface area is 74.6 Å². The Morgan fingerprint density at radius 1 is 1.38 bits per heavy atom. The highest BCUT2D eigenvalue weighted by Crippen LogP contribution is 2.21. The molecule has 1 aliphatic rings. The van der Waals surface area contributed by atoms with E-state index in [-0.39, 0.29) is 23.7 Å². The third-order valence-corrected chi connectivity index (χ3v) is 1.87. The molecule has 1 fully saturated rings. The fourth-order valence-electron chi connectivity index (χ4n) is 0.943. The molecular weight excluding hydrogens is 176 g/mol. The molecule has 0 amide bonds. The van der Waals surface area contributed by atoms with Crippen molar-refractivity contribution >= 4 is 11.9 Å². The number of rotatable bonds is 4. The van der Waals surface area contributed by atoms with Crippen LogP contribution >= 0.6 is 0 Å². The largest absolute Gasteiger partial charge is 0.478 e. The Balaban J connectivity index is 2.80. The lowest BCUT2D eigenvalue weighted by molar-refractivity contribution is -0.136. The fourth-order valence-corrected chi connectivity index (χ4v) is 0.943. The first kappa shape index (κ1) is 9.73. The highest BCUT2D eigenvalue weighted by Gasteiger charge is 2.28. The summed E-state index contributed by atoms with van der Waals surface area (Å²) in [6.45, 7) is 1.80. The summed E-state index contributed by atoms with van der Waals surface area (Å²) in [6.07, 6.45) is 0.0633. The normalized spacial score (nSPS) is 22.1. The summed E-state index contributed by atoms with van der Waals surface area (Å²) in [5.41, 5.74) is -0.196. The van der Waals surface area contributed by atoms with Gasteiger partial charge in [-0.3, -0.25) is 0 Å². The molecule has 13 heavy (non-hydrogen) atoms. The van der Waals surface area contributed by atoms with Crippen LogP contribution in [-0.4, -0.2) is 34.9 Å². The lowest BCUT2D eigenvalue weighted by atomic mass is 10.1. The topological polar surface area (TPSA) is 87.1 Å². The van der Waals surface area contributed by atoms with E-state index in [4.69, 9.17) is 14.9 Å². The van der Waals surface area contributed by atoms with Crippen LogP contribution in [0.5, 0.6) is 0 Å². The number of hydrogen-bond donors (Lipinski definition) is 2. The van der Waals surface area contributed by atoms with Crippen molar-refractivity contribution in [1.29, 1.82) is 0 Å². The number of carboxylic acids is 2. The Hall–Kier alpha value is -1.36. The van der Waals surface area contributed by atoms with Crippen LogP contribution in [0.25, 0.3) is 0 Å². The third kappa shape index (κ3) is 2.55. The smallest absolute Gasteiger partial charge is 0.332 e. The van der Waals surface area contributed by atoms with E-state index < -0.39 is 11.9 Å². The summed E-state index contributed by atoms with van der Waals surface area (Å²) in [4.78, 5) is 21.1. The van der Waals surface area contributed by atoms with Gasteiger partial charge in [0, 0.05) is 17.6 Å². The molecule has 0 aliphatic carbocycles. The van der Waals surface area contributed by atoms with Crippen LogP contribution in [0, 0.1) is 0 Å². The summed E-state index contributed by atoms with van der Waals surface area (Å²) in [7, 11) is 0.